The van der Waals surface area contributed by atoms with E-state index in [4.69, 9.17) is 4.74 Å². The molecule has 0 N–H and O–H groups in total. The highest BCUT2D eigenvalue weighted by molar-refractivity contribution is 5.90. The second-order valence-corrected chi connectivity index (χ2v) is 4.64. The lowest BCUT2D eigenvalue weighted by Gasteiger charge is -2.21. The van der Waals surface area contributed by atoms with Crippen molar-refractivity contribution in [1.82, 2.24) is 0 Å². The van der Waals surface area contributed by atoms with Crippen molar-refractivity contribution in [2.24, 2.45) is 0 Å². The molecule has 0 aromatic heterocycles. The van der Waals surface area contributed by atoms with Gasteiger partial charge in [0.1, 0.15) is 5.60 Å². The van der Waals surface area contributed by atoms with Gasteiger partial charge in [-0.3, -0.25) is 0 Å². The zero-order valence-corrected chi connectivity index (χ0v) is 10.9. The van der Waals surface area contributed by atoms with Crippen LogP contribution in [0.3, 0.4) is 0 Å². The minimum absolute atomic E-state index is 0.333. The van der Waals surface area contributed by atoms with Crippen LogP contribution in [-0.2, 0) is 4.74 Å². The predicted molar refractivity (Wildman–Crippen MR) is 70.5 cm³/mol. The molecule has 0 saturated heterocycles. The Labute approximate surface area is 103 Å². The lowest BCUT2D eigenvalue weighted by atomic mass is 10.1. The molecule has 0 saturated carbocycles. The standard InChI is InChI=1S/C14H19NO2/c1-6-14(2,3)17-13(16)11-7-9-12(10-8-11)15(4)5/h6-10H,1H2,2-5H3. The van der Waals surface area contributed by atoms with Crippen LogP contribution in [0.1, 0.15) is 24.2 Å². The molecule has 92 valence electrons. The predicted octanol–water partition coefficient (Wildman–Crippen LogP) is 2.87. The molecular formula is C14H19NO2. The zero-order valence-electron chi connectivity index (χ0n) is 10.9. The van der Waals surface area contributed by atoms with Gasteiger partial charge in [-0.1, -0.05) is 6.58 Å². The number of hydrogen-bond donors (Lipinski definition) is 0. The molecule has 0 aliphatic heterocycles. The third-order valence-electron chi connectivity index (χ3n) is 2.47. The Morgan fingerprint density at radius 2 is 1.82 bits per heavy atom. The van der Waals surface area contributed by atoms with Gasteiger partial charge < -0.3 is 9.64 Å². The average Bonchev–Trinajstić information content (AvgIpc) is 2.28. The normalized spacial score (nSPS) is 10.8. The molecule has 0 unspecified atom stereocenters. The summed E-state index contributed by atoms with van der Waals surface area (Å²) in [6, 6.07) is 7.29. The number of carbonyl (C=O) groups is 1. The van der Waals surface area contributed by atoms with E-state index in [9.17, 15) is 4.79 Å². The van der Waals surface area contributed by atoms with Crippen molar-refractivity contribution in [1.29, 1.82) is 0 Å². The number of ether oxygens (including phenoxy) is 1. The van der Waals surface area contributed by atoms with E-state index in [1.165, 1.54) is 0 Å². The van der Waals surface area contributed by atoms with Gasteiger partial charge in [0.15, 0.2) is 0 Å². The summed E-state index contributed by atoms with van der Waals surface area (Å²) in [6.45, 7) is 7.23. The number of hydrogen-bond acceptors (Lipinski definition) is 3. The van der Waals surface area contributed by atoms with Gasteiger partial charge in [0.2, 0.25) is 0 Å². The molecule has 1 rings (SSSR count). The van der Waals surface area contributed by atoms with Crippen LogP contribution in [0.5, 0.6) is 0 Å². The summed E-state index contributed by atoms with van der Waals surface area (Å²) < 4.78 is 5.30. The van der Waals surface area contributed by atoms with Gasteiger partial charge in [0.05, 0.1) is 5.56 Å². The highest BCUT2D eigenvalue weighted by atomic mass is 16.6. The first-order valence-corrected chi connectivity index (χ1v) is 5.50. The summed E-state index contributed by atoms with van der Waals surface area (Å²) in [7, 11) is 3.91. The maximum atomic E-state index is 11.8. The number of benzene rings is 1. The highest BCUT2D eigenvalue weighted by Gasteiger charge is 2.19. The molecule has 3 heteroatoms. The van der Waals surface area contributed by atoms with E-state index >= 15 is 0 Å². The molecule has 0 radical (unpaired) electrons. The van der Waals surface area contributed by atoms with Crippen LogP contribution in [0.4, 0.5) is 5.69 Å². The van der Waals surface area contributed by atoms with Gasteiger partial charge in [-0.15, -0.1) is 0 Å². The lowest BCUT2D eigenvalue weighted by molar-refractivity contribution is 0.0175. The molecule has 0 spiro atoms. The number of nitrogens with zero attached hydrogens (tertiary/aromatic N) is 1. The van der Waals surface area contributed by atoms with E-state index < -0.39 is 5.60 Å². The fourth-order valence-electron chi connectivity index (χ4n) is 1.24. The molecule has 0 amide bonds. The minimum atomic E-state index is -0.642. The van der Waals surface area contributed by atoms with E-state index in [1.807, 2.05) is 31.1 Å². The third-order valence-corrected chi connectivity index (χ3v) is 2.47. The van der Waals surface area contributed by atoms with Gasteiger partial charge in [-0.2, -0.15) is 0 Å². The van der Waals surface area contributed by atoms with Crippen molar-refractivity contribution in [2.45, 2.75) is 19.4 Å². The molecule has 0 aliphatic rings. The Bertz CT molecular complexity index is 405. The van der Waals surface area contributed by atoms with Crippen LogP contribution in [0.15, 0.2) is 36.9 Å². The zero-order chi connectivity index (χ0) is 13.1. The Hall–Kier alpha value is -1.77. The smallest absolute Gasteiger partial charge is 0.338 e. The number of rotatable bonds is 4. The Kier molecular flexibility index (Phi) is 3.94. The van der Waals surface area contributed by atoms with Crippen molar-refractivity contribution in [3.05, 3.63) is 42.5 Å². The SMILES string of the molecule is C=CC(C)(C)OC(=O)c1ccc(N(C)C)cc1. The maximum absolute atomic E-state index is 11.8. The molecule has 1 aromatic carbocycles. The first-order valence-electron chi connectivity index (χ1n) is 5.50. The van der Waals surface area contributed by atoms with Gasteiger partial charge in [0, 0.05) is 19.8 Å². The summed E-state index contributed by atoms with van der Waals surface area (Å²) in [5.41, 5.74) is 0.951. The molecule has 1 aromatic rings. The molecule has 0 aliphatic carbocycles. The lowest BCUT2D eigenvalue weighted by Crippen LogP contribution is -2.25. The molecule has 0 heterocycles. The Morgan fingerprint density at radius 1 is 1.29 bits per heavy atom. The monoisotopic (exact) mass is 233 g/mol. The summed E-state index contributed by atoms with van der Waals surface area (Å²) in [5.74, 6) is -0.333. The molecule has 0 atom stereocenters. The van der Waals surface area contributed by atoms with E-state index in [0.717, 1.165) is 5.69 Å². The Balaban J connectivity index is 2.80. The van der Waals surface area contributed by atoms with E-state index in [0.29, 0.717) is 5.56 Å². The van der Waals surface area contributed by atoms with Crippen molar-refractivity contribution < 1.29 is 9.53 Å². The molecule has 17 heavy (non-hydrogen) atoms. The third kappa shape index (κ3) is 3.63. The first kappa shape index (κ1) is 13.3. The van der Waals surface area contributed by atoms with Gasteiger partial charge in [-0.05, 0) is 44.2 Å². The van der Waals surface area contributed by atoms with Gasteiger partial charge in [-0.25, -0.2) is 4.79 Å². The fraction of sp³-hybridized carbons (Fsp3) is 0.357. The minimum Gasteiger partial charge on any atom is -0.452 e. The number of carbonyl (C=O) groups excluding carboxylic acids is 1. The quantitative estimate of drug-likeness (QED) is 0.591. The summed E-state index contributed by atoms with van der Waals surface area (Å²) in [6.07, 6.45) is 1.61. The largest absolute Gasteiger partial charge is 0.452 e. The van der Waals surface area contributed by atoms with Crippen molar-refractivity contribution in [3.63, 3.8) is 0 Å². The van der Waals surface area contributed by atoms with E-state index in [-0.39, 0.29) is 5.97 Å². The van der Waals surface area contributed by atoms with Crippen LogP contribution in [0.2, 0.25) is 0 Å². The van der Waals surface area contributed by atoms with E-state index in [1.54, 1.807) is 32.1 Å². The Morgan fingerprint density at radius 3 is 2.24 bits per heavy atom. The first-order chi connectivity index (χ1) is 7.85. The van der Waals surface area contributed by atoms with Crippen molar-refractivity contribution in [2.75, 3.05) is 19.0 Å². The summed E-state index contributed by atoms with van der Waals surface area (Å²) >= 11 is 0. The molecule has 0 bridgehead atoms. The molecule has 0 fully saturated rings. The molecular weight excluding hydrogens is 214 g/mol. The van der Waals surface area contributed by atoms with E-state index in [2.05, 4.69) is 6.58 Å². The second-order valence-electron chi connectivity index (χ2n) is 4.64. The van der Waals surface area contributed by atoms with Crippen LogP contribution in [0, 0.1) is 0 Å². The fourth-order valence-corrected chi connectivity index (χ4v) is 1.24. The van der Waals surface area contributed by atoms with Gasteiger partial charge in [0.25, 0.3) is 0 Å². The van der Waals surface area contributed by atoms with Crippen molar-refractivity contribution >= 4 is 11.7 Å². The average molecular weight is 233 g/mol. The number of esters is 1. The van der Waals surface area contributed by atoms with Crippen LogP contribution in [0.25, 0.3) is 0 Å². The highest BCUT2D eigenvalue weighted by Crippen LogP contribution is 2.16. The van der Waals surface area contributed by atoms with Gasteiger partial charge >= 0.3 is 5.97 Å². The second kappa shape index (κ2) is 5.04. The summed E-state index contributed by atoms with van der Waals surface area (Å²) in [5, 5.41) is 0. The maximum Gasteiger partial charge on any atom is 0.338 e. The topological polar surface area (TPSA) is 29.5 Å². The van der Waals surface area contributed by atoms with Crippen LogP contribution >= 0.6 is 0 Å². The molecule has 3 nitrogen and oxygen atoms in total. The summed E-state index contributed by atoms with van der Waals surface area (Å²) in [4.78, 5) is 13.8. The van der Waals surface area contributed by atoms with Crippen molar-refractivity contribution in [3.8, 4) is 0 Å². The number of anilines is 1. The van der Waals surface area contributed by atoms with Crippen LogP contribution < -0.4 is 4.90 Å². The van der Waals surface area contributed by atoms with Crippen LogP contribution in [-0.4, -0.2) is 25.7 Å².